The van der Waals surface area contributed by atoms with Gasteiger partial charge in [-0.15, -0.1) is 25.6 Å². The van der Waals surface area contributed by atoms with Crippen molar-refractivity contribution in [3.63, 3.8) is 0 Å². The molecular formula is C13H18ClF3N2O2. The topological polar surface area (TPSA) is 55.6 Å². The lowest BCUT2D eigenvalue weighted by molar-refractivity contribution is -0.274. The first-order chi connectivity index (χ1) is 9.23. The Morgan fingerprint density at radius 2 is 2.05 bits per heavy atom. The molecule has 0 aliphatic carbocycles. The highest BCUT2D eigenvalue weighted by atomic mass is 35.5. The standard InChI is InChI=1S/C13H17F3N2O2.ClH/c1-9(7-17)12(19)18(2)8-10-4-3-5-11(6-10)20-13(14,15)16;/h3-6,9H,7-8,17H2,1-2H3;1H. The Morgan fingerprint density at radius 3 is 2.57 bits per heavy atom. The first kappa shape index (κ1) is 19.5. The van der Waals surface area contributed by atoms with Crippen molar-refractivity contribution in [2.45, 2.75) is 19.8 Å². The van der Waals surface area contributed by atoms with Gasteiger partial charge in [0, 0.05) is 26.1 Å². The third-order valence-electron chi connectivity index (χ3n) is 2.70. The van der Waals surface area contributed by atoms with Crippen molar-refractivity contribution in [3.8, 4) is 5.75 Å². The third kappa shape index (κ3) is 6.68. The second kappa shape index (κ2) is 8.09. The van der Waals surface area contributed by atoms with Gasteiger partial charge < -0.3 is 15.4 Å². The fourth-order valence-electron chi connectivity index (χ4n) is 1.67. The van der Waals surface area contributed by atoms with E-state index in [-0.39, 0.29) is 43.1 Å². The number of benzene rings is 1. The number of carbonyl (C=O) groups excluding carboxylic acids is 1. The summed E-state index contributed by atoms with van der Waals surface area (Å²) < 4.78 is 40.2. The molecule has 0 aliphatic rings. The van der Waals surface area contributed by atoms with Crippen LogP contribution in [0.3, 0.4) is 0 Å². The average Bonchev–Trinajstić information content (AvgIpc) is 2.35. The molecule has 0 bridgehead atoms. The molecule has 1 aromatic carbocycles. The minimum absolute atomic E-state index is 0. The van der Waals surface area contributed by atoms with E-state index in [4.69, 9.17) is 5.73 Å². The van der Waals surface area contributed by atoms with Crippen molar-refractivity contribution >= 4 is 18.3 Å². The number of carbonyl (C=O) groups is 1. The molecule has 0 aromatic heterocycles. The molecule has 0 spiro atoms. The maximum Gasteiger partial charge on any atom is 0.573 e. The summed E-state index contributed by atoms with van der Waals surface area (Å²) in [6.45, 7) is 2.11. The largest absolute Gasteiger partial charge is 0.573 e. The van der Waals surface area contributed by atoms with E-state index in [1.54, 1.807) is 20.0 Å². The maximum absolute atomic E-state index is 12.1. The number of hydrogen-bond acceptors (Lipinski definition) is 3. The van der Waals surface area contributed by atoms with E-state index in [2.05, 4.69) is 4.74 Å². The van der Waals surface area contributed by atoms with Gasteiger partial charge in [-0.05, 0) is 17.7 Å². The average molecular weight is 327 g/mol. The van der Waals surface area contributed by atoms with E-state index >= 15 is 0 Å². The van der Waals surface area contributed by atoms with E-state index in [1.807, 2.05) is 0 Å². The lowest BCUT2D eigenvalue weighted by Crippen LogP contribution is -2.34. The Bertz CT molecular complexity index is 469. The van der Waals surface area contributed by atoms with Gasteiger partial charge in [0.25, 0.3) is 0 Å². The molecule has 120 valence electrons. The van der Waals surface area contributed by atoms with Crippen LogP contribution >= 0.6 is 12.4 Å². The summed E-state index contributed by atoms with van der Waals surface area (Å²) in [6, 6.07) is 5.53. The minimum atomic E-state index is -4.73. The van der Waals surface area contributed by atoms with Gasteiger partial charge in [-0.1, -0.05) is 19.1 Å². The van der Waals surface area contributed by atoms with Crippen molar-refractivity contribution in [1.29, 1.82) is 0 Å². The summed E-state index contributed by atoms with van der Waals surface area (Å²) in [7, 11) is 1.58. The lowest BCUT2D eigenvalue weighted by atomic mass is 10.1. The predicted molar refractivity (Wildman–Crippen MR) is 75.1 cm³/mol. The van der Waals surface area contributed by atoms with Crippen molar-refractivity contribution in [2.75, 3.05) is 13.6 Å². The number of hydrogen-bond donors (Lipinski definition) is 1. The molecular weight excluding hydrogens is 309 g/mol. The number of nitrogens with zero attached hydrogens (tertiary/aromatic N) is 1. The predicted octanol–water partition coefficient (Wildman–Crippen LogP) is 2.56. The van der Waals surface area contributed by atoms with Crippen molar-refractivity contribution < 1.29 is 22.7 Å². The molecule has 8 heteroatoms. The molecule has 0 fully saturated rings. The summed E-state index contributed by atoms with van der Waals surface area (Å²) in [5.41, 5.74) is 5.95. The van der Waals surface area contributed by atoms with Crippen LogP contribution in [-0.4, -0.2) is 30.8 Å². The van der Waals surface area contributed by atoms with Gasteiger partial charge >= 0.3 is 6.36 Å². The van der Waals surface area contributed by atoms with Gasteiger partial charge in [-0.25, -0.2) is 0 Å². The molecule has 2 N–H and O–H groups in total. The van der Waals surface area contributed by atoms with E-state index in [9.17, 15) is 18.0 Å². The molecule has 4 nitrogen and oxygen atoms in total. The second-order valence-corrected chi connectivity index (χ2v) is 4.53. The van der Waals surface area contributed by atoms with E-state index in [0.717, 1.165) is 0 Å². The van der Waals surface area contributed by atoms with Gasteiger partial charge in [0.15, 0.2) is 0 Å². The van der Waals surface area contributed by atoms with Crippen LogP contribution in [0, 0.1) is 5.92 Å². The smallest absolute Gasteiger partial charge is 0.406 e. The molecule has 0 saturated heterocycles. The fraction of sp³-hybridized carbons (Fsp3) is 0.462. The second-order valence-electron chi connectivity index (χ2n) is 4.53. The molecule has 0 heterocycles. The lowest BCUT2D eigenvalue weighted by Gasteiger charge is -2.21. The summed E-state index contributed by atoms with van der Waals surface area (Å²) in [5, 5.41) is 0. The molecule has 0 aliphatic heterocycles. The molecule has 0 saturated carbocycles. The van der Waals surface area contributed by atoms with Gasteiger partial charge in [-0.3, -0.25) is 4.79 Å². The van der Waals surface area contributed by atoms with E-state index < -0.39 is 6.36 Å². The van der Waals surface area contributed by atoms with Crippen molar-refractivity contribution in [1.82, 2.24) is 4.90 Å². The van der Waals surface area contributed by atoms with Crippen LogP contribution in [0.15, 0.2) is 24.3 Å². The Morgan fingerprint density at radius 1 is 1.43 bits per heavy atom. The monoisotopic (exact) mass is 326 g/mol. The summed E-state index contributed by atoms with van der Waals surface area (Å²) in [6.07, 6.45) is -4.73. The highest BCUT2D eigenvalue weighted by Crippen LogP contribution is 2.23. The minimum Gasteiger partial charge on any atom is -0.406 e. The SMILES string of the molecule is CC(CN)C(=O)N(C)Cc1cccc(OC(F)(F)F)c1.Cl. The van der Waals surface area contributed by atoms with Crippen LogP contribution < -0.4 is 10.5 Å². The number of alkyl halides is 3. The zero-order valence-electron chi connectivity index (χ0n) is 11.7. The highest BCUT2D eigenvalue weighted by molar-refractivity contribution is 5.85. The van der Waals surface area contributed by atoms with Crippen LogP contribution in [0.4, 0.5) is 13.2 Å². The number of nitrogens with two attached hydrogens (primary N) is 1. The highest BCUT2D eigenvalue weighted by Gasteiger charge is 2.31. The van der Waals surface area contributed by atoms with Crippen molar-refractivity contribution in [2.24, 2.45) is 11.7 Å². The quantitative estimate of drug-likeness (QED) is 0.904. The van der Waals surface area contributed by atoms with Crippen LogP contribution in [0.2, 0.25) is 0 Å². The third-order valence-corrected chi connectivity index (χ3v) is 2.70. The first-order valence-electron chi connectivity index (χ1n) is 6.02. The molecule has 1 aromatic rings. The Balaban J connectivity index is 0.00000400. The van der Waals surface area contributed by atoms with Gasteiger partial charge in [0.2, 0.25) is 5.91 Å². The maximum atomic E-state index is 12.1. The molecule has 1 atom stereocenters. The van der Waals surface area contributed by atoms with E-state index in [1.165, 1.54) is 23.1 Å². The van der Waals surface area contributed by atoms with Crippen LogP contribution in [-0.2, 0) is 11.3 Å². The van der Waals surface area contributed by atoms with Crippen molar-refractivity contribution in [3.05, 3.63) is 29.8 Å². The summed E-state index contributed by atoms with van der Waals surface area (Å²) >= 11 is 0. The van der Waals surface area contributed by atoms with Crippen LogP contribution in [0.5, 0.6) is 5.75 Å². The van der Waals surface area contributed by atoms with Gasteiger partial charge in [0.1, 0.15) is 5.75 Å². The molecule has 0 radical (unpaired) electrons. The zero-order chi connectivity index (χ0) is 15.3. The van der Waals surface area contributed by atoms with E-state index in [0.29, 0.717) is 5.56 Å². The number of rotatable bonds is 5. The van der Waals surface area contributed by atoms with Gasteiger partial charge in [0.05, 0.1) is 0 Å². The Kier molecular flexibility index (Phi) is 7.52. The number of halogens is 4. The Hall–Kier alpha value is -1.47. The summed E-state index contributed by atoms with van der Waals surface area (Å²) in [4.78, 5) is 13.2. The van der Waals surface area contributed by atoms with Crippen LogP contribution in [0.1, 0.15) is 12.5 Å². The van der Waals surface area contributed by atoms with Crippen LogP contribution in [0.25, 0.3) is 0 Å². The van der Waals surface area contributed by atoms with Gasteiger partial charge in [-0.2, -0.15) is 0 Å². The number of ether oxygens (including phenoxy) is 1. The Labute approximate surface area is 127 Å². The fourth-order valence-corrected chi connectivity index (χ4v) is 1.67. The first-order valence-corrected chi connectivity index (χ1v) is 6.02. The molecule has 1 rings (SSSR count). The molecule has 1 amide bonds. The normalized spacial score (nSPS) is 12.3. The summed E-state index contributed by atoms with van der Waals surface area (Å²) in [5.74, 6) is -0.785. The zero-order valence-corrected chi connectivity index (χ0v) is 12.5. The number of amides is 1. The molecule has 1 unspecified atom stereocenters. The molecule has 21 heavy (non-hydrogen) atoms.